The van der Waals surface area contributed by atoms with Gasteiger partial charge in [-0.2, -0.15) is 0 Å². The number of hydrogen-bond acceptors (Lipinski definition) is 4. The van der Waals surface area contributed by atoms with Gasteiger partial charge in [0.05, 0.1) is 7.11 Å². The van der Waals surface area contributed by atoms with Gasteiger partial charge in [0.1, 0.15) is 18.1 Å². The topological polar surface area (TPSA) is 36.9 Å². The summed E-state index contributed by atoms with van der Waals surface area (Å²) in [5.41, 5.74) is 1.07. The molecule has 0 atom stereocenters. The second-order valence-electron chi connectivity index (χ2n) is 5.32. The van der Waals surface area contributed by atoms with Crippen molar-refractivity contribution >= 4 is 0 Å². The van der Waals surface area contributed by atoms with Gasteiger partial charge in [0.2, 0.25) is 0 Å². The Labute approximate surface area is 115 Å². The molecule has 0 spiro atoms. The first-order valence-corrected chi connectivity index (χ1v) is 6.29. The average Bonchev–Trinajstić information content (AvgIpc) is 2.39. The maximum atomic E-state index is 5.80. The van der Waals surface area contributed by atoms with Crippen LogP contribution in [-0.4, -0.2) is 34.2 Å². The first-order chi connectivity index (χ1) is 8.92. The van der Waals surface area contributed by atoms with Crippen molar-refractivity contribution < 1.29 is 18.9 Å². The van der Waals surface area contributed by atoms with Crippen molar-refractivity contribution in [2.45, 2.75) is 32.5 Å². The molecule has 0 heterocycles. The van der Waals surface area contributed by atoms with E-state index in [4.69, 9.17) is 18.9 Å². The Morgan fingerprint density at radius 2 is 1.68 bits per heavy atom. The molecule has 0 aromatic heterocycles. The summed E-state index contributed by atoms with van der Waals surface area (Å²) in [6, 6.07) is 5.81. The van der Waals surface area contributed by atoms with Crippen LogP contribution in [0, 0.1) is 0 Å². The molecule has 0 aliphatic heterocycles. The Morgan fingerprint density at radius 3 is 2.16 bits per heavy atom. The van der Waals surface area contributed by atoms with E-state index in [0.717, 1.165) is 17.1 Å². The van der Waals surface area contributed by atoms with Crippen LogP contribution in [0.3, 0.4) is 0 Å². The lowest BCUT2D eigenvalue weighted by Crippen LogP contribution is -2.23. The molecule has 4 heteroatoms. The van der Waals surface area contributed by atoms with Crippen LogP contribution >= 0.6 is 0 Å². The van der Waals surface area contributed by atoms with Gasteiger partial charge >= 0.3 is 0 Å². The van der Waals surface area contributed by atoms with Gasteiger partial charge in [0, 0.05) is 19.8 Å². The van der Waals surface area contributed by atoms with Crippen molar-refractivity contribution in [1.82, 2.24) is 0 Å². The molecule has 0 aliphatic rings. The third-order valence-electron chi connectivity index (χ3n) is 2.90. The summed E-state index contributed by atoms with van der Waals surface area (Å²) in [4.78, 5) is 0. The van der Waals surface area contributed by atoms with Crippen molar-refractivity contribution in [3.63, 3.8) is 0 Å². The molecule has 0 unspecified atom stereocenters. The highest BCUT2D eigenvalue weighted by Gasteiger charge is 2.20. The Hall–Kier alpha value is -1.26. The molecule has 1 aromatic carbocycles. The molecular formula is C15H24O4. The number of ether oxygens (including phenoxy) is 4. The van der Waals surface area contributed by atoms with Crippen molar-refractivity contribution in [2.75, 3.05) is 27.9 Å². The molecule has 0 saturated carbocycles. The standard InChI is InChI=1S/C15H24O4/c1-15(2,3)12-9-11(16-4)7-8-13(12)19-10-14(17-5)18-6/h7-9,14H,10H2,1-6H3. The van der Waals surface area contributed by atoms with Crippen LogP contribution in [0.25, 0.3) is 0 Å². The summed E-state index contributed by atoms with van der Waals surface area (Å²) in [6.45, 7) is 6.76. The largest absolute Gasteiger partial charge is 0.497 e. The fourth-order valence-electron chi connectivity index (χ4n) is 1.74. The van der Waals surface area contributed by atoms with Crippen LogP contribution < -0.4 is 9.47 Å². The van der Waals surface area contributed by atoms with Gasteiger partial charge in [-0.3, -0.25) is 0 Å². The van der Waals surface area contributed by atoms with Crippen LogP contribution in [0.4, 0.5) is 0 Å². The molecule has 0 N–H and O–H groups in total. The van der Waals surface area contributed by atoms with E-state index in [1.54, 1.807) is 21.3 Å². The monoisotopic (exact) mass is 268 g/mol. The fourth-order valence-corrected chi connectivity index (χ4v) is 1.74. The molecule has 0 radical (unpaired) electrons. The number of methoxy groups -OCH3 is 3. The number of benzene rings is 1. The quantitative estimate of drug-likeness (QED) is 0.743. The van der Waals surface area contributed by atoms with Gasteiger partial charge in [-0.1, -0.05) is 20.8 Å². The van der Waals surface area contributed by atoms with Crippen LogP contribution in [0.1, 0.15) is 26.3 Å². The van der Waals surface area contributed by atoms with E-state index in [0.29, 0.717) is 6.61 Å². The van der Waals surface area contributed by atoms with Crippen molar-refractivity contribution in [1.29, 1.82) is 0 Å². The highest BCUT2D eigenvalue weighted by Crippen LogP contribution is 2.34. The van der Waals surface area contributed by atoms with E-state index >= 15 is 0 Å². The normalized spacial score (nSPS) is 11.7. The molecule has 1 aromatic rings. The highest BCUT2D eigenvalue weighted by atomic mass is 16.7. The summed E-state index contributed by atoms with van der Waals surface area (Å²) in [7, 11) is 4.85. The van der Waals surface area contributed by atoms with Crippen LogP contribution in [0.2, 0.25) is 0 Å². The molecule has 0 saturated heterocycles. The molecule has 1 rings (SSSR count). The summed E-state index contributed by atoms with van der Waals surface area (Å²) in [6.07, 6.45) is -0.366. The van der Waals surface area contributed by atoms with Crippen LogP contribution in [-0.2, 0) is 14.9 Å². The van der Waals surface area contributed by atoms with Crippen molar-refractivity contribution in [3.8, 4) is 11.5 Å². The Morgan fingerprint density at radius 1 is 1.05 bits per heavy atom. The Balaban J connectivity index is 2.93. The average molecular weight is 268 g/mol. The summed E-state index contributed by atoms with van der Waals surface area (Å²) >= 11 is 0. The third-order valence-corrected chi connectivity index (χ3v) is 2.90. The zero-order chi connectivity index (χ0) is 14.5. The van der Waals surface area contributed by atoms with E-state index in [2.05, 4.69) is 20.8 Å². The fraction of sp³-hybridized carbons (Fsp3) is 0.600. The second-order valence-corrected chi connectivity index (χ2v) is 5.32. The van der Waals surface area contributed by atoms with Crippen molar-refractivity contribution in [3.05, 3.63) is 23.8 Å². The molecule has 0 aliphatic carbocycles. The van der Waals surface area contributed by atoms with Gasteiger partial charge in [0.15, 0.2) is 6.29 Å². The molecule has 19 heavy (non-hydrogen) atoms. The third kappa shape index (κ3) is 4.40. The van der Waals surface area contributed by atoms with E-state index in [-0.39, 0.29) is 11.7 Å². The lowest BCUT2D eigenvalue weighted by atomic mass is 9.86. The molecule has 108 valence electrons. The van der Waals surface area contributed by atoms with E-state index < -0.39 is 0 Å². The maximum absolute atomic E-state index is 5.80. The van der Waals surface area contributed by atoms with E-state index in [1.807, 2.05) is 18.2 Å². The minimum Gasteiger partial charge on any atom is -0.497 e. The highest BCUT2D eigenvalue weighted by molar-refractivity contribution is 5.44. The smallest absolute Gasteiger partial charge is 0.191 e. The van der Waals surface area contributed by atoms with E-state index in [1.165, 1.54) is 0 Å². The van der Waals surface area contributed by atoms with Crippen LogP contribution in [0.15, 0.2) is 18.2 Å². The number of rotatable bonds is 6. The summed E-state index contributed by atoms with van der Waals surface area (Å²) in [5.74, 6) is 1.65. The summed E-state index contributed by atoms with van der Waals surface area (Å²) < 4.78 is 21.3. The zero-order valence-corrected chi connectivity index (χ0v) is 12.6. The molecule has 4 nitrogen and oxygen atoms in total. The maximum Gasteiger partial charge on any atom is 0.191 e. The predicted octanol–water partition coefficient (Wildman–Crippen LogP) is 2.99. The summed E-state index contributed by atoms with van der Waals surface area (Å²) in [5, 5.41) is 0. The van der Waals surface area contributed by atoms with Gasteiger partial charge < -0.3 is 18.9 Å². The molecule has 0 bridgehead atoms. The molecular weight excluding hydrogens is 244 g/mol. The lowest BCUT2D eigenvalue weighted by molar-refractivity contribution is -0.122. The SMILES string of the molecule is COc1ccc(OCC(OC)OC)c(C(C)(C)C)c1. The molecule has 0 fully saturated rings. The van der Waals surface area contributed by atoms with Gasteiger partial charge in [0.25, 0.3) is 0 Å². The zero-order valence-electron chi connectivity index (χ0n) is 12.6. The van der Waals surface area contributed by atoms with Gasteiger partial charge in [-0.15, -0.1) is 0 Å². The first kappa shape index (κ1) is 15.8. The second kappa shape index (κ2) is 6.78. The van der Waals surface area contributed by atoms with Gasteiger partial charge in [-0.05, 0) is 23.6 Å². The minimum atomic E-state index is -0.366. The van der Waals surface area contributed by atoms with E-state index in [9.17, 15) is 0 Å². The Bertz CT molecular complexity index is 392. The first-order valence-electron chi connectivity index (χ1n) is 6.29. The minimum absolute atomic E-state index is 0.0283. The lowest BCUT2D eigenvalue weighted by Gasteiger charge is -2.24. The van der Waals surface area contributed by atoms with Crippen LogP contribution in [0.5, 0.6) is 11.5 Å². The predicted molar refractivity (Wildman–Crippen MR) is 75.0 cm³/mol. The Kier molecular flexibility index (Phi) is 5.63. The van der Waals surface area contributed by atoms with Gasteiger partial charge in [-0.25, -0.2) is 0 Å². The molecule has 0 amide bonds. The number of hydrogen-bond donors (Lipinski definition) is 0. The van der Waals surface area contributed by atoms with Crippen molar-refractivity contribution in [2.24, 2.45) is 0 Å².